The summed E-state index contributed by atoms with van der Waals surface area (Å²) in [4.78, 5) is 24.5. The quantitative estimate of drug-likeness (QED) is 0.541. The zero-order valence-corrected chi connectivity index (χ0v) is 17.6. The lowest BCUT2D eigenvalue weighted by Gasteiger charge is -2.10. The van der Waals surface area contributed by atoms with Gasteiger partial charge in [-0.05, 0) is 30.2 Å². The van der Waals surface area contributed by atoms with Crippen LogP contribution < -0.4 is 14.8 Å². The Kier molecular flexibility index (Phi) is 6.95. The van der Waals surface area contributed by atoms with Crippen molar-refractivity contribution in [2.24, 2.45) is 0 Å². The first-order chi connectivity index (χ1) is 14.0. The first kappa shape index (κ1) is 21.0. The zero-order chi connectivity index (χ0) is 20.8. The van der Waals surface area contributed by atoms with Crippen molar-refractivity contribution in [2.45, 2.75) is 6.42 Å². The molecule has 1 heterocycles. The minimum Gasteiger partial charge on any atom is -0.493 e. The van der Waals surface area contributed by atoms with Crippen LogP contribution in [0.15, 0.2) is 42.5 Å². The van der Waals surface area contributed by atoms with Gasteiger partial charge in [0.15, 0.2) is 18.1 Å². The Balaban J connectivity index is 1.48. The van der Waals surface area contributed by atoms with E-state index in [1.807, 2.05) is 42.5 Å². The van der Waals surface area contributed by atoms with Gasteiger partial charge in [0.05, 0.1) is 19.2 Å². The van der Waals surface area contributed by atoms with Crippen LogP contribution in [0.4, 0.5) is 0 Å². The lowest BCUT2D eigenvalue weighted by atomic mass is 10.1. The third kappa shape index (κ3) is 4.99. The molecule has 3 aromatic rings. The Bertz CT molecular complexity index is 1030. The minimum atomic E-state index is -0.605. The van der Waals surface area contributed by atoms with Crippen molar-refractivity contribution in [1.82, 2.24) is 5.32 Å². The molecule has 152 valence electrons. The molecule has 0 aliphatic heterocycles. The molecule has 2 aromatic carbocycles. The number of fused-ring (bicyclic) bond motifs is 1. The van der Waals surface area contributed by atoms with E-state index in [0.29, 0.717) is 34.4 Å². The van der Waals surface area contributed by atoms with Crippen molar-refractivity contribution in [3.63, 3.8) is 0 Å². The first-order valence-corrected chi connectivity index (χ1v) is 10.0. The molecule has 3 rings (SSSR count). The highest BCUT2D eigenvalue weighted by Crippen LogP contribution is 2.35. The predicted molar refractivity (Wildman–Crippen MR) is 113 cm³/mol. The van der Waals surface area contributed by atoms with Gasteiger partial charge in [-0.25, -0.2) is 4.79 Å². The number of ether oxygens (including phenoxy) is 3. The fourth-order valence-electron chi connectivity index (χ4n) is 2.78. The van der Waals surface area contributed by atoms with Crippen LogP contribution in [0.1, 0.15) is 15.2 Å². The van der Waals surface area contributed by atoms with E-state index in [1.54, 1.807) is 14.2 Å². The molecule has 0 fully saturated rings. The topological polar surface area (TPSA) is 73.9 Å². The molecule has 6 nitrogen and oxygen atoms in total. The standard InChI is InChI=1S/C21H20ClNO5S/c1-26-15-8-7-13(11-16(15)27-2)9-10-23-18(24)12-28-21(25)20-19(22)14-5-3-4-6-17(14)29-20/h3-8,11H,9-10,12H2,1-2H3,(H,23,24). The Hall–Kier alpha value is -2.77. The van der Waals surface area contributed by atoms with Gasteiger partial charge in [0.25, 0.3) is 5.91 Å². The maximum Gasteiger partial charge on any atom is 0.350 e. The molecule has 0 saturated heterocycles. The van der Waals surface area contributed by atoms with Crippen LogP contribution in [0.2, 0.25) is 5.02 Å². The van der Waals surface area contributed by atoms with Gasteiger partial charge in [-0.1, -0.05) is 35.9 Å². The smallest absolute Gasteiger partial charge is 0.350 e. The van der Waals surface area contributed by atoms with Crippen molar-refractivity contribution >= 4 is 44.9 Å². The maximum atomic E-state index is 12.3. The van der Waals surface area contributed by atoms with Gasteiger partial charge in [0.1, 0.15) is 4.88 Å². The largest absolute Gasteiger partial charge is 0.493 e. The number of benzene rings is 2. The Morgan fingerprint density at radius 3 is 2.55 bits per heavy atom. The molecule has 0 saturated carbocycles. The Labute approximate surface area is 177 Å². The molecule has 0 atom stereocenters. The summed E-state index contributed by atoms with van der Waals surface area (Å²) >= 11 is 7.50. The summed E-state index contributed by atoms with van der Waals surface area (Å²) in [7, 11) is 3.14. The van der Waals surface area contributed by atoms with Crippen molar-refractivity contribution in [3.8, 4) is 11.5 Å². The highest BCUT2D eigenvalue weighted by Gasteiger charge is 2.19. The van der Waals surface area contributed by atoms with Crippen LogP contribution in [0, 0.1) is 0 Å². The summed E-state index contributed by atoms with van der Waals surface area (Å²) in [6, 6.07) is 13.0. The molecule has 0 aliphatic carbocycles. The molecule has 0 spiro atoms. The van der Waals surface area contributed by atoms with E-state index >= 15 is 0 Å². The molecule has 29 heavy (non-hydrogen) atoms. The average molecular weight is 434 g/mol. The van der Waals surface area contributed by atoms with Gasteiger partial charge in [-0.3, -0.25) is 4.79 Å². The van der Waals surface area contributed by atoms with Gasteiger partial charge in [-0.2, -0.15) is 0 Å². The molecule has 8 heteroatoms. The summed E-state index contributed by atoms with van der Waals surface area (Å²) in [5.41, 5.74) is 0.983. The lowest BCUT2D eigenvalue weighted by molar-refractivity contribution is -0.124. The number of hydrogen-bond donors (Lipinski definition) is 1. The molecule has 0 unspecified atom stereocenters. The van der Waals surface area contributed by atoms with Gasteiger partial charge in [0.2, 0.25) is 0 Å². The van der Waals surface area contributed by atoms with Crippen LogP contribution in [0.5, 0.6) is 11.5 Å². The highest BCUT2D eigenvalue weighted by atomic mass is 35.5. The first-order valence-electron chi connectivity index (χ1n) is 8.85. The van der Waals surface area contributed by atoms with Gasteiger partial charge in [0, 0.05) is 16.6 Å². The average Bonchev–Trinajstić information content (AvgIpc) is 3.08. The molecule has 0 bridgehead atoms. The van der Waals surface area contributed by atoms with Gasteiger partial charge < -0.3 is 19.5 Å². The number of carbonyl (C=O) groups excluding carboxylic acids is 2. The SMILES string of the molecule is COc1ccc(CCNC(=O)COC(=O)c2sc3ccccc3c2Cl)cc1OC. The number of thiophene rings is 1. The number of carbonyl (C=O) groups is 2. The number of amides is 1. The predicted octanol–water partition coefficient (Wildman–Crippen LogP) is 4.09. The third-order valence-corrected chi connectivity index (χ3v) is 5.89. The van der Waals surface area contributed by atoms with Gasteiger partial charge in [-0.15, -0.1) is 11.3 Å². The summed E-state index contributed by atoms with van der Waals surface area (Å²) in [6.07, 6.45) is 0.599. The lowest BCUT2D eigenvalue weighted by Crippen LogP contribution is -2.30. The van der Waals surface area contributed by atoms with E-state index < -0.39 is 5.97 Å². The summed E-state index contributed by atoms with van der Waals surface area (Å²) in [5, 5.41) is 3.88. The minimum absolute atomic E-state index is 0.297. The molecule has 0 aliphatic rings. The van der Waals surface area contributed by atoms with Gasteiger partial charge >= 0.3 is 5.97 Å². The normalized spacial score (nSPS) is 10.6. The van der Waals surface area contributed by atoms with E-state index in [9.17, 15) is 9.59 Å². The Morgan fingerprint density at radius 1 is 1.07 bits per heavy atom. The number of esters is 1. The number of methoxy groups -OCH3 is 2. The summed E-state index contributed by atoms with van der Waals surface area (Å²) in [6.45, 7) is 0.0326. The number of halogens is 1. The Morgan fingerprint density at radius 2 is 1.83 bits per heavy atom. The van der Waals surface area contributed by atoms with Crippen molar-refractivity contribution in [3.05, 3.63) is 57.9 Å². The molecule has 0 radical (unpaired) electrons. The van der Waals surface area contributed by atoms with E-state index in [4.69, 9.17) is 25.8 Å². The fourth-order valence-corrected chi connectivity index (χ4v) is 4.18. The summed E-state index contributed by atoms with van der Waals surface area (Å²) < 4.78 is 16.5. The fraction of sp³-hybridized carbons (Fsp3) is 0.238. The van der Waals surface area contributed by atoms with Crippen molar-refractivity contribution < 1.29 is 23.8 Å². The van der Waals surface area contributed by atoms with E-state index in [-0.39, 0.29) is 12.5 Å². The summed E-state index contributed by atoms with van der Waals surface area (Å²) in [5.74, 6) is 0.292. The van der Waals surface area contributed by atoms with E-state index in [0.717, 1.165) is 15.6 Å². The second-order valence-corrected chi connectivity index (χ2v) is 7.54. The second kappa shape index (κ2) is 9.62. The van der Waals surface area contributed by atoms with Crippen LogP contribution in [0.3, 0.4) is 0 Å². The van der Waals surface area contributed by atoms with Crippen molar-refractivity contribution in [2.75, 3.05) is 27.4 Å². The molecule has 1 N–H and O–H groups in total. The van der Waals surface area contributed by atoms with Crippen LogP contribution >= 0.6 is 22.9 Å². The molecule has 1 amide bonds. The van der Waals surface area contributed by atoms with Crippen molar-refractivity contribution in [1.29, 1.82) is 0 Å². The molecular formula is C21H20ClNO5S. The van der Waals surface area contributed by atoms with Crippen LogP contribution in [-0.4, -0.2) is 39.2 Å². The second-order valence-electron chi connectivity index (χ2n) is 6.11. The number of nitrogens with one attached hydrogen (secondary N) is 1. The van der Waals surface area contributed by atoms with Crippen LogP contribution in [0.25, 0.3) is 10.1 Å². The maximum absolute atomic E-state index is 12.3. The molecular weight excluding hydrogens is 414 g/mol. The monoisotopic (exact) mass is 433 g/mol. The third-order valence-electron chi connectivity index (χ3n) is 4.24. The number of hydrogen-bond acceptors (Lipinski definition) is 6. The van der Waals surface area contributed by atoms with Crippen LogP contribution in [-0.2, 0) is 16.0 Å². The van der Waals surface area contributed by atoms with E-state index in [2.05, 4.69) is 5.32 Å². The number of rotatable bonds is 8. The highest BCUT2D eigenvalue weighted by molar-refractivity contribution is 7.21. The van der Waals surface area contributed by atoms with E-state index in [1.165, 1.54) is 11.3 Å². The zero-order valence-electron chi connectivity index (χ0n) is 16.0. The molecule has 1 aromatic heterocycles.